The van der Waals surface area contributed by atoms with Gasteiger partial charge in [0, 0.05) is 6.42 Å². The van der Waals surface area contributed by atoms with Crippen molar-refractivity contribution in [1.82, 2.24) is 19.5 Å². The maximum absolute atomic E-state index is 11.7. The van der Waals surface area contributed by atoms with Crippen LogP contribution in [-0.2, 0) is 10.5 Å². The molecule has 0 amide bonds. The first kappa shape index (κ1) is 20.7. The highest BCUT2D eigenvalue weighted by atomic mass is 16.6. The quantitative estimate of drug-likeness (QED) is 0.555. The smallest absolute Gasteiger partial charge is 0.180 e. The monoisotopic (exact) mass is 391 g/mol. The number of nitrogens with zero attached hydrogens (tertiary/aromatic N) is 4. The lowest BCUT2D eigenvalue weighted by Gasteiger charge is -2.44. The van der Waals surface area contributed by atoms with Crippen LogP contribution in [0.5, 0.6) is 0 Å². The number of aromatic nitrogens is 4. The summed E-state index contributed by atoms with van der Waals surface area (Å²) in [5.41, 5.74) is 0.931. The predicted molar refractivity (Wildman–Crippen MR) is 104 cm³/mol. The second-order valence-electron chi connectivity index (χ2n) is 8.32. The van der Waals surface area contributed by atoms with E-state index in [1.165, 1.54) is 33.4 Å². The molecule has 0 bridgehead atoms. The fourth-order valence-corrected chi connectivity index (χ4v) is 4.10. The number of nitrogens with two attached hydrogens (primary N) is 1. The molecule has 28 heavy (non-hydrogen) atoms. The van der Waals surface area contributed by atoms with E-state index in [0.717, 1.165) is 5.57 Å². The van der Waals surface area contributed by atoms with Gasteiger partial charge in [0.05, 0.1) is 12.4 Å². The summed E-state index contributed by atoms with van der Waals surface area (Å²) in [6.45, 7) is 11.9. The number of ether oxygens (including phenoxy) is 1. The van der Waals surface area contributed by atoms with Gasteiger partial charge in [-0.3, -0.25) is 4.57 Å². The van der Waals surface area contributed by atoms with Gasteiger partial charge >= 0.3 is 0 Å². The Bertz CT molecular complexity index is 919. The second-order valence-corrected chi connectivity index (χ2v) is 8.32. The van der Waals surface area contributed by atoms with Crippen LogP contribution in [0, 0.1) is 0 Å². The van der Waals surface area contributed by atoms with E-state index in [9.17, 15) is 15.3 Å². The van der Waals surface area contributed by atoms with Crippen molar-refractivity contribution in [3.63, 3.8) is 0 Å². The van der Waals surface area contributed by atoms with E-state index < -0.39 is 28.6 Å². The van der Waals surface area contributed by atoms with Gasteiger partial charge in [0.2, 0.25) is 0 Å². The van der Waals surface area contributed by atoms with E-state index in [1.807, 2.05) is 6.92 Å². The molecule has 5 N–H and O–H groups in total. The van der Waals surface area contributed by atoms with Crippen LogP contribution < -0.4 is 5.73 Å². The van der Waals surface area contributed by atoms with Crippen molar-refractivity contribution in [3.05, 3.63) is 24.8 Å². The SMILES string of the molecule is C=C(C)CC[C@@]1(n2cnc3c(N)ncnc32)O[C@](C)(C(C)O)[C@@](C)(O)[C@@]1(C)O. The third kappa shape index (κ3) is 2.43. The largest absolute Gasteiger partial charge is 0.390 e. The molecule has 3 heterocycles. The summed E-state index contributed by atoms with van der Waals surface area (Å²) in [5.74, 6) is 0.196. The van der Waals surface area contributed by atoms with Gasteiger partial charge in [-0.2, -0.15) is 0 Å². The van der Waals surface area contributed by atoms with Crippen molar-refractivity contribution in [2.75, 3.05) is 5.73 Å². The first-order valence-electron chi connectivity index (χ1n) is 9.23. The normalized spacial score (nSPS) is 36.7. The number of aliphatic hydroxyl groups excluding tert-OH is 1. The minimum Gasteiger partial charge on any atom is -0.390 e. The topological polar surface area (TPSA) is 140 Å². The number of nitrogen functional groups attached to an aromatic ring is 1. The highest BCUT2D eigenvalue weighted by molar-refractivity contribution is 5.81. The molecule has 9 nitrogen and oxygen atoms in total. The van der Waals surface area contributed by atoms with Crippen molar-refractivity contribution in [2.24, 2.45) is 0 Å². The van der Waals surface area contributed by atoms with Crippen LogP contribution in [0.2, 0.25) is 0 Å². The number of rotatable bonds is 5. The van der Waals surface area contributed by atoms with Crippen LogP contribution in [-0.4, -0.2) is 57.7 Å². The number of fused-ring (bicyclic) bond motifs is 1. The van der Waals surface area contributed by atoms with Gasteiger partial charge in [-0.1, -0.05) is 5.57 Å². The number of allylic oxidation sites excluding steroid dienone is 1. The molecule has 0 radical (unpaired) electrons. The molecule has 0 aromatic carbocycles. The van der Waals surface area contributed by atoms with Crippen molar-refractivity contribution in [2.45, 2.75) is 76.1 Å². The van der Waals surface area contributed by atoms with E-state index in [0.29, 0.717) is 17.6 Å². The fourth-order valence-electron chi connectivity index (χ4n) is 4.10. The lowest BCUT2D eigenvalue weighted by molar-refractivity contribution is -0.218. The van der Waals surface area contributed by atoms with Gasteiger partial charge in [-0.15, -0.1) is 6.58 Å². The van der Waals surface area contributed by atoms with Gasteiger partial charge in [-0.05, 0) is 41.0 Å². The molecule has 1 saturated heterocycles. The third-order valence-corrected chi connectivity index (χ3v) is 6.49. The third-order valence-electron chi connectivity index (χ3n) is 6.49. The van der Waals surface area contributed by atoms with Gasteiger partial charge in [0.1, 0.15) is 28.6 Å². The van der Waals surface area contributed by atoms with Crippen molar-refractivity contribution < 1.29 is 20.1 Å². The van der Waals surface area contributed by atoms with Gasteiger partial charge in [0.15, 0.2) is 17.2 Å². The van der Waals surface area contributed by atoms with E-state index in [4.69, 9.17) is 10.5 Å². The maximum atomic E-state index is 11.7. The number of aliphatic hydroxyl groups is 3. The Morgan fingerprint density at radius 1 is 1.25 bits per heavy atom. The highest BCUT2D eigenvalue weighted by Gasteiger charge is 2.75. The maximum Gasteiger partial charge on any atom is 0.180 e. The van der Waals surface area contributed by atoms with Crippen LogP contribution in [0.25, 0.3) is 11.2 Å². The molecule has 1 aliphatic rings. The highest BCUT2D eigenvalue weighted by Crippen LogP contribution is 2.58. The predicted octanol–water partition coefficient (Wildman–Crippen LogP) is 1.09. The average molecular weight is 391 g/mol. The Hall–Kier alpha value is -2.07. The molecule has 2 aromatic rings. The van der Waals surface area contributed by atoms with E-state index in [-0.39, 0.29) is 12.2 Å². The Labute approximate surface area is 163 Å². The van der Waals surface area contributed by atoms with Crippen LogP contribution in [0.3, 0.4) is 0 Å². The molecule has 9 heteroatoms. The second kappa shape index (κ2) is 6.21. The zero-order valence-electron chi connectivity index (χ0n) is 17.0. The molecule has 2 aromatic heterocycles. The number of imidazole rings is 1. The molecular formula is C19H29N5O4. The molecule has 1 fully saturated rings. The van der Waals surface area contributed by atoms with Crippen LogP contribution in [0.15, 0.2) is 24.8 Å². The molecule has 0 spiro atoms. The Balaban J connectivity index is 2.33. The Morgan fingerprint density at radius 2 is 1.89 bits per heavy atom. The summed E-state index contributed by atoms with van der Waals surface area (Å²) in [4.78, 5) is 12.5. The standard InChI is InChI=1S/C19H29N5O4/c1-11(2)7-8-19(24-10-23-13-14(20)21-9-22-15(13)24)18(6,27)17(5,26)16(4,28-19)12(3)25/h9-10,12,25-27H,1,7-8H2,2-6H3,(H2,20,21,22)/t12?,16-,17-,18-,19-/m1/s1. The van der Waals surface area contributed by atoms with Gasteiger partial charge in [0.25, 0.3) is 0 Å². The first-order chi connectivity index (χ1) is 12.8. The minimum atomic E-state index is -1.82. The summed E-state index contributed by atoms with van der Waals surface area (Å²) in [6, 6.07) is 0. The summed E-state index contributed by atoms with van der Waals surface area (Å²) in [7, 11) is 0. The number of hydrogen-bond donors (Lipinski definition) is 4. The summed E-state index contributed by atoms with van der Waals surface area (Å²) < 4.78 is 7.98. The average Bonchev–Trinajstić information content (AvgIpc) is 3.07. The lowest BCUT2D eigenvalue weighted by atomic mass is 9.70. The summed E-state index contributed by atoms with van der Waals surface area (Å²) in [5, 5.41) is 33.5. The van der Waals surface area contributed by atoms with Crippen LogP contribution in [0.4, 0.5) is 5.82 Å². The molecule has 0 aliphatic carbocycles. The number of hydrogen-bond acceptors (Lipinski definition) is 8. The van der Waals surface area contributed by atoms with Crippen LogP contribution >= 0.6 is 0 Å². The molecule has 0 saturated carbocycles. The van der Waals surface area contributed by atoms with E-state index in [1.54, 1.807) is 11.5 Å². The van der Waals surface area contributed by atoms with Crippen molar-refractivity contribution in [1.29, 1.82) is 0 Å². The zero-order valence-corrected chi connectivity index (χ0v) is 17.0. The first-order valence-corrected chi connectivity index (χ1v) is 9.23. The Kier molecular flexibility index (Phi) is 4.59. The fraction of sp³-hybridized carbons (Fsp3) is 0.632. The van der Waals surface area contributed by atoms with Crippen molar-refractivity contribution in [3.8, 4) is 0 Å². The Morgan fingerprint density at radius 3 is 2.43 bits per heavy atom. The molecule has 3 rings (SSSR count). The van der Waals surface area contributed by atoms with Crippen LogP contribution in [0.1, 0.15) is 47.5 Å². The molecule has 1 unspecified atom stereocenters. The van der Waals surface area contributed by atoms with Gasteiger partial charge < -0.3 is 25.8 Å². The lowest BCUT2D eigenvalue weighted by Crippen LogP contribution is -2.64. The van der Waals surface area contributed by atoms with E-state index >= 15 is 0 Å². The molecular weight excluding hydrogens is 362 g/mol. The molecule has 5 atom stereocenters. The number of anilines is 1. The summed E-state index contributed by atoms with van der Waals surface area (Å²) >= 11 is 0. The molecule has 1 aliphatic heterocycles. The molecule has 154 valence electrons. The van der Waals surface area contributed by atoms with Gasteiger partial charge in [-0.25, -0.2) is 15.0 Å². The summed E-state index contributed by atoms with van der Waals surface area (Å²) in [6.07, 6.45) is 2.46. The minimum absolute atomic E-state index is 0.196. The van der Waals surface area contributed by atoms with E-state index in [2.05, 4.69) is 21.5 Å². The van der Waals surface area contributed by atoms with Crippen molar-refractivity contribution >= 4 is 17.0 Å². The zero-order chi connectivity index (χ0) is 21.1.